The van der Waals surface area contributed by atoms with Crippen molar-refractivity contribution in [3.05, 3.63) is 54.4 Å². The van der Waals surface area contributed by atoms with Gasteiger partial charge in [0.25, 0.3) is 0 Å². The van der Waals surface area contributed by atoms with Gasteiger partial charge in [0.15, 0.2) is 0 Å². The second-order valence-corrected chi connectivity index (χ2v) is 3.45. The number of rotatable bonds is 5. The molecule has 1 aromatic carbocycles. The van der Waals surface area contributed by atoms with Crippen LogP contribution in [0.25, 0.3) is 0 Å². The molecule has 82 valence electrons. The van der Waals surface area contributed by atoms with Crippen molar-refractivity contribution in [2.24, 2.45) is 4.99 Å². The van der Waals surface area contributed by atoms with Gasteiger partial charge in [-0.15, -0.1) is 0 Å². The molecule has 16 heavy (non-hydrogen) atoms. The predicted octanol–water partition coefficient (Wildman–Crippen LogP) is 2.55. The first-order valence-electron chi connectivity index (χ1n) is 5.37. The summed E-state index contributed by atoms with van der Waals surface area (Å²) in [6, 6.07) is 14.1. The van der Waals surface area contributed by atoms with Crippen molar-refractivity contribution in [3.8, 4) is 0 Å². The van der Waals surface area contributed by atoms with Crippen molar-refractivity contribution in [2.45, 2.75) is 0 Å². The highest BCUT2D eigenvalue weighted by Crippen LogP contribution is 2.03. The molecule has 1 heterocycles. The normalized spacial score (nSPS) is 10.8. The van der Waals surface area contributed by atoms with Crippen molar-refractivity contribution in [3.63, 3.8) is 0 Å². The number of hydrogen-bond acceptors (Lipinski definition) is 2. The zero-order valence-electron chi connectivity index (χ0n) is 9.06. The summed E-state index contributed by atoms with van der Waals surface area (Å²) in [6.45, 7) is 1.62. The summed E-state index contributed by atoms with van der Waals surface area (Å²) in [5.74, 6) is 0. The zero-order chi connectivity index (χ0) is 11.1. The average molecular weight is 213 g/mol. The maximum Gasteiger partial charge on any atom is 0.0563 e. The summed E-state index contributed by atoms with van der Waals surface area (Å²) in [6.07, 6.45) is 3.75. The molecule has 3 heteroatoms. The number of anilines is 1. The minimum Gasteiger partial charge on any atom is -0.383 e. The van der Waals surface area contributed by atoms with Crippen LogP contribution in [0, 0.1) is 0 Å². The van der Waals surface area contributed by atoms with Gasteiger partial charge in [-0.3, -0.25) is 4.99 Å². The van der Waals surface area contributed by atoms with Crippen LogP contribution >= 0.6 is 0 Å². The highest BCUT2D eigenvalue weighted by molar-refractivity contribution is 5.76. The molecule has 0 amide bonds. The van der Waals surface area contributed by atoms with Crippen molar-refractivity contribution in [2.75, 3.05) is 18.4 Å². The third-order valence-electron chi connectivity index (χ3n) is 2.20. The first-order valence-corrected chi connectivity index (χ1v) is 5.37. The molecule has 0 saturated heterocycles. The topological polar surface area (TPSA) is 40.2 Å². The first-order chi connectivity index (χ1) is 7.95. The van der Waals surface area contributed by atoms with Gasteiger partial charge in [-0.05, 0) is 24.3 Å². The molecule has 2 aromatic rings. The van der Waals surface area contributed by atoms with E-state index in [0.717, 1.165) is 24.5 Å². The molecule has 2 rings (SSSR count). The number of aromatic amines is 1. The van der Waals surface area contributed by atoms with E-state index in [2.05, 4.69) is 27.4 Å². The smallest absolute Gasteiger partial charge is 0.0563 e. The zero-order valence-corrected chi connectivity index (χ0v) is 9.06. The SMILES string of the molecule is C(=NCCNc1ccccc1)c1ccc[nH]1. The Kier molecular flexibility index (Phi) is 3.77. The lowest BCUT2D eigenvalue weighted by atomic mass is 10.3. The molecular formula is C13H15N3. The molecule has 1 aromatic heterocycles. The lowest BCUT2D eigenvalue weighted by molar-refractivity contribution is 1.03. The summed E-state index contributed by atoms with van der Waals surface area (Å²) >= 11 is 0. The summed E-state index contributed by atoms with van der Waals surface area (Å²) in [4.78, 5) is 7.39. The van der Waals surface area contributed by atoms with Gasteiger partial charge in [0.1, 0.15) is 0 Å². The largest absolute Gasteiger partial charge is 0.383 e. The number of nitrogens with one attached hydrogen (secondary N) is 2. The van der Waals surface area contributed by atoms with Crippen molar-refractivity contribution < 1.29 is 0 Å². The van der Waals surface area contributed by atoms with E-state index in [-0.39, 0.29) is 0 Å². The van der Waals surface area contributed by atoms with Crippen LogP contribution in [-0.2, 0) is 0 Å². The number of benzene rings is 1. The van der Waals surface area contributed by atoms with Gasteiger partial charge in [0.05, 0.1) is 12.2 Å². The molecule has 0 unspecified atom stereocenters. The highest BCUT2D eigenvalue weighted by Gasteiger charge is 1.88. The lowest BCUT2D eigenvalue weighted by Gasteiger charge is -2.02. The number of aliphatic imine (C=N–C) groups is 1. The van der Waals surface area contributed by atoms with Gasteiger partial charge < -0.3 is 10.3 Å². The van der Waals surface area contributed by atoms with E-state index in [4.69, 9.17) is 0 Å². The molecule has 0 aliphatic rings. The Morgan fingerprint density at radius 3 is 2.75 bits per heavy atom. The second kappa shape index (κ2) is 5.75. The molecular weight excluding hydrogens is 198 g/mol. The van der Waals surface area contributed by atoms with Gasteiger partial charge in [0.2, 0.25) is 0 Å². The number of H-pyrrole nitrogens is 1. The number of nitrogens with zero attached hydrogens (tertiary/aromatic N) is 1. The maximum atomic E-state index is 4.31. The Balaban J connectivity index is 1.69. The molecule has 0 saturated carbocycles. The average Bonchev–Trinajstić information content (AvgIpc) is 2.83. The Bertz CT molecular complexity index is 418. The van der Waals surface area contributed by atoms with Crippen LogP contribution in [0.15, 0.2) is 53.7 Å². The molecule has 0 fully saturated rings. The fraction of sp³-hybridized carbons (Fsp3) is 0.154. The standard InChI is InChI=1S/C13H15N3/c1-2-5-12(6-3-1)16-10-9-14-11-13-7-4-8-15-13/h1-8,11,15-16H,9-10H2. The van der Waals surface area contributed by atoms with E-state index >= 15 is 0 Å². The highest BCUT2D eigenvalue weighted by atomic mass is 14.9. The number of hydrogen-bond donors (Lipinski definition) is 2. The summed E-state index contributed by atoms with van der Waals surface area (Å²) in [7, 11) is 0. The van der Waals surface area contributed by atoms with Crippen LogP contribution in [0.5, 0.6) is 0 Å². The molecule has 2 N–H and O–H groups in total. The van der Waals surface area contributed by atoms with Crippen LogP contribution in [0.1, 0.15) is 5.69 Å². The Hall–Kier alpha value is -2.03. The number of aromatic nitrogens is 1. The van der Waals surface area contributed by atoms with Crippen LogP contribution in [0.4, 0.5) is 5.69 Å². The maximum absolute atomic E-state index is 4.31. The molecule has 0 aliphatic carbocycles. The molecule has 0 spiro atoms. The van der Waals surface area contributed by atoms with Crippen LogP contribution < -0.4 is 5.32 Å². The minimum atomic E-state index is 0.772. The van der Waals surface area contributed by atoms with Crippen molar-refractivity contribution >= 4 is 11.9 Å². The summed E-state index contributed by atoms with van der Waals surface area (Å²) in [5, 5.41) is 3.30. The molecule has 0 bridgehead atoms. The predicted molar refractivity (Wildman–Crippen MR) is 68.2 cm³/mol. The molecule has 3 nitrogen and oxygen atoms in total. The van der Waals surface area contributed by atoms with Gasteiger partial charge in [-0.25, -0.2) is 0 Å². The fourth-order valence-electron chi connectivity index (χ4n) is 1.41. The third-order valence-corrected chi connectivity index (χ3v) is 2.20. The summed E-state index contributed by atoms with van der Waals surface area (Å²) in [5.41, 5.74) is 2.18. The Morgan fingerprint density at radius 2 is 2.00 bits per heavy atom. The number of para-hydroxylation sites is 1. The van der Waals surface area contributed by atoms with Gasteiger partial charge in [-0.2, -0.15) is 0 Å². The fourth-order valence-corrected chi connectivity index (χ4v) is 1.41. The van der Waals surface area contributed by atoms with Gasteiger partial charge in [-0.1, -0.05) is 18.2 Å². The Labute approximate surface area is 95.2 Å². The molecule has 0 radical (unpaired) electrons. The lowest BCUT2D eigenvalue weighted by Crippen LogP contribution is -2.04. The first kappa shape index (κ1) is 10.5. The quantitative estimate of drug-likeness (QED) is 0.581. The van der Waals surface area contributed by atoms with E-state index in [9.17, 15) is 0 Å². The van der Waals surface area contributed by atoms with E-state index in [1.165, 1.54) is 0 Å². The van der Waals surface area contributed by atoms with Gasteiger partial charge in [0, 0.05) is 24.6 Å². The van der Waals surface area contributed by atoms with Gasteiger partial charge >= 0.3 is 0 Å². The van der Waals surface area contributed by atoms with Crippen molar-refractivity contribution in [1.82, 2.24) is 4.98 Å². The summed E-state index contributed by atoms with van der Waals surface area (Å²) < 4.78 is 0. The van der Waals surface area contributed by atoms with E-state index in [1.54, 1.807) is 0 Å². The van der Waals surface area contributed by atoms with E-state index in [0.29, 0.717) is 0 Å². The van der Waals surface area contributed by atoms with Crippen LogP contribution in [0.2, 0.25) is 0 Å². The van der Waals surface area contributed by atoms with Crippen LogP contribution in [0.3, 0.4) is 0 Å². The molecule has 0 atom stereocenters. The van der Waals surface area contributed by atoms with Crippen LogP contribution in [-0.4, -0.2) is 24.3 Å². The van der Waals surface area contributed by atoms with E-state index < -0.39 is 0 Å². The minimum absolute atomic E-state index is 0.772. The van der Waals surface area contributed by atoms with Crippen molar-refractivity contribution in [1.29, 1.82) is 0 Å². The monoisotopic (exact) mass is 213 g/mol. The third kappa shape index (κ3) is 3.28. The second-order valence-electron chi connectivity index (χ2n) is 3.45. The molecule has 0 aliphatic heterocycles. The van der Waals surface area contributed by atoms with E-state index in [1.807, 2.05) is 42.7 Å². The Morgan fingerprint density at radius 1 is 1.12 bits per heavy atom.